The van der Waals surface area contributed by atoms with Crippen molar-refractivity contribution in [1.29, 1.82) is 0 Å². The Balaban J connectivity index is 1.51. The fourth-order valence-corrected chi connectivity index (χ4v) is 5.00. The van der Waals surface area contributed by atoms with E-state index in [9.17, 15) is 14.7 Å². The fraction of sp³-hybridized carbons (Fsp3) is 0.300. The van der Waals surface area contributed by atoms with Crippen molar-refractivity contribution in [1.82, 2.24) is 25.5 Å². The van der Waals surface area contributed by atoms with E-state index in [-0.39, 0.29) is 30.2 Å². The number of tetrazole rings is 1. The van der Waals surface area contributed by atoms with Crippen LogP contribution >= 0.6 is 0 Å². The summed E-state index contributed by atoms with van der Waals surface area (Å²) in [5, 5.41) is 25.8. The lowest BCUT2D eigenvalue weighted by Gasteiger charge is -2.33. The maximum Gasteiger partial charge on any atom is 0.251 e. The Morgan fingerprint density at radius 2 is 1.69 bits per heavy atom. The molecule has 1 unspecified atom stereocenters. The van der Waals surface area contributed by atoms with Crippen LogP contribution < -0.4 is 10.2 Å². The molecule has 5 rings (SSSR count). The largest absolute Gasteiger partial charge is 0.508 e. The van der Waals surface area contributed by atoms with Crippen LogP contribution in [0.4, 0.5) is 5.69 Å². The van der Waals surface area contributed by atoms with Crippen LogP contribution in [0.5, 0.6) is 5.75 Å². The molecule has 1 aromatic heterocycles. The number of benzene rings is 3. The maximum atomic E-state index is 14.0. The lowest BCUT2D eigenvalue weighted by molar-refractivity contribution is -0.127. The lowest BCUT2D eigenvalue weighted by atomic mass is 10.0. The van der Waals surface area contributed by atoms with Gasteiger partial charge >= 0.3 is 0 Å². The zero-order valence-corrected chi connectivity index (χ0v) is 22.1. The monoisotopic (exact) mass is 524 g/mol. The van der Waals surface area contributed by atoms with Gasteiger partial charge in [0.25, 0.3) is 5.91 Å². The highest BCUT2D eigenvalue weighted by atomic mass is 16.3. The number of hydrogen-bond acceptors (Lipinski definition) is 6. The molecule has 0 radical (unpaired) electrons. The Labute approximate surface area is 227 Å². The molecule has 2 amide bonds. The predicted octanol–water partition coefficient (Wildman–Crippen LogP) is 4.50. The summed E-state index contributed by atoms with van der Waals surface area (Å²) >= 11 is 0. The highest BCUT2D eigenvalue weighted by Gasteiger charge is 2.35. The smallest absolute Gasteiger partial charge is 0.251 e. The standard InChI is InChI=1S/C30H32N6O3/c1-20-11-13-23(14-12-20)29-32-34-35(33-29)19-27(38)36(26-10-6-3-7-21(26)2)28(22-15-17-25(37)18-16-22)30(39)31-24-8-4-5-9-24/h3,6-7,10-18,24,28,37H,4-5,8-9,19H2,1-2H3,(H,31,39). The summed E-state index contributed by atoms with van der Waals surface area (Å²) in [4.78, 5) is 30.7. The average Bonchev–Trinajstić information content (AvgIpc) is 3.61. The van der Waals surface area contributed by atoms with E-state index in [1.807, 2.05) is 62.4 Å². The number of hydrogen-bond donors (Lipinski definition) is 2. The molecule has 0 bridgehead atoms. The Kier molecular flexibility index (Phi) is 7.67. The third kappa shape index (κ3) is 5.98. The topological polar surface area (TPSA) is 113 Å². The second kappa shape index (κ2) is 11.5. The molecule has 3 aromatic carbocycles. The first-order chi connectivity index (χ1) is 18.9. The number of aryl methyl sites for hydroxylation is 2. The van der Waals surface area contributed by atoms with E-state index in [0.29, 0.717) is 17.1 Å². The SMILES string of the molecule is Cc1ccc(-c2nnn(CC(=O)N(c3ccccc3C)C(C(=O)NC3CCCC3)c3ccc(O)cc3)n2)cc1. The molecule has 0 spiro atoms. The number of phenols is 1. The van der Waals surface area contributed by atoms with Gasteiger partial charge < -0.3 is 10.4 Å². The number of amides is 2. The molecule has 39 heavy (non-hydrogen) atoms. The lowest BCUT2D eigenvalue weighted by Crippen LogP contribution is -2.47. The number of aromatic hydroxyl groups is 1. The van der Waals surface area contributed by atoms with Crippen LogP contribution in [0.1, 0.15) is 48.4 Å². The van der Waals surface area contributed by atoms with E-state index < -0.39 is 6.04 Å². The van der Waals surface area contributed by atoms with Crippen LogP contribution in [0.15, 0.2) is 72.8 Å². The number of nitrogens with one attached hydrogen (secondary N) is 1. The Morgan fingerprint density at radius 1 is 1.00 bits per heavy atom. The van der Waals surface area contributed by atoms with E-state index in [0.717, 1.165) is 42.4 Å². The minimum absolute atomic E-state index is 0.0694. The van der Waals surface area contributed by atoms with Crippen LogP contribution in [-0.4, -0.2) is 43.2 Å². The minimum Gasteiger partial charge on any atom is -0.508 e. The third-order valence-electron chi connectivity index (χ3n) is 7.10. The number of para-hydroxylation sites is 1. The van der Waals surface area contributed by atoms with E-state index >= 15 is 0 Å². The number of carbonyl (C=O) groups is 2. The molecule has 1 fully saturated rings. The molecule has 200 valence electrons. The molecule has 1 aliphatic rings. The van der Waals surface area contributed by atoms with Gasteiger partial charge in [0.15, 0.2) is 0 Å². The van der Waals surface area contributed by atoms with Crippen molar-refractivity contribution in [2.45, 2.75) is 58.2 Å². The number of aromatic nitrogens is 4. The Hall–Kier alpha value is -4.53. The molecule has 2 N–H and O–H groups in total. The predicted molar refractivity (Wildman–Crippen MR) is 148 cm³/mol. The quantitative estimate of drug-likeness (QED) is 0.351. The summed E-state index contributed by atoms with van der Waals surface area (Å²) in [6.07, 6.45) is 3.96. The summed E-state index contributed by atoms with van der Waals surface area (Å²) in [6.45, 7) is 3.69. The number of carbonyl (C=O) groups excluding carboxylic acids is 2. The zero-order valence-electron chi connectivity index (χ0n) is 22.1. The van der Waals surface area contributed by atoms with Gasteiger partial charge in [0.1, 0.15) is 18.3 Å². The van der Waals surface area contributed by atoms with Crippen molar-refractivity contribution in [3.05, 3.63) is 89.5 Å². The van der Waals surface area contributed by atoms with Crippen molar-refractivity contribution < 1.29 is 14.7 Å². The van der Waals surface area contributed by atoms with Gasteiger partial charge in [-0.05, 0) is 61.2 Å². The van der Waals surface area contributed by atoms with E-state index in [2.05, 4.69) is 20.7 Å². The second-order valence-electron chi connectivity index (χ2n) is 10.0. The van der Waals surface area contributed by atoms with Crippen LogP contribution in [0.25, 0.3) is 11.4 Å². The van der Waals surface area contributed by atoms with Gasteiger partial charge in [0.2, 0.25) is 11.7 Å². The molecule has 1 heterocycles. The molecule has 4 aromatic rings. The summed E-state index contributed by atoms with van der Waals surface area (Å²) < 4.78 is 0. The molecule has 1 atom stereocenters. The number of rotatable bonds is 8. The molecule has 0 saturated heterocycles. The fourth-order valence-electron chi connectivity index (χ4n) is 5.00. The molecular weight excluding hydrogens is 492 g/mol. The zero-order chi connectivity index (χ0) is 27.4. The Morgan fingerprint density at radius 3 is 2.38 bits per heavy atom. The summed E-state index contributed by atoms with van der Waals surface area (Å²) in [6, 6.07) is 20.7. The minimum atomic E-state index is -0.958. The van der Waals surface area contributed by atoms with Gasteiger partial charge in [-0.15, -0.1) is 10.2 Å². The molecular formula is C30H32N6O3. The molecule has 1 saturated carbocycles. The molecule has 1 aliphatic carbocycles. The summed E-state index contributed by atoms with van der Waals surface area (Å²) in [7, 11) is 0. The van der Waals surface area contributed by atoms with E-state index in [1.54, 1.807) is 12.1 Å². The highest BCUT2D eigenvalue weighted by molar-refractivity contribution is 6.01. The summed E-state index contributed by atoms with van der Waals surface area (Å²) in [5.41, 5.74) is 3.96. The highest BCUT2D eigenvalue weighted by Crippen LogP contribution is 2.32. The van der Waals surface area contributed by atoms with Gasteiger partial charge in [-0.25, -0.2) is 0 Å². The van der Waals surface area contributed by atoms with Crippen molar-refractivity contribution in [3.8, 4) is 17.1 Å². The maximum absolute atomic E-state index is 14.0. The average molecular weight is 525 g/mol. The number of nitrogens with zero attached hydrogens (tertiary/aromatic N) is 5. The Bertz CT molecular complexity index is 1440. The first kappa shape index (κ1) is 26.1. The van der Waals surface area contributed by atoms with Crippen LogP contribution in [-0.2, 0) is 16.1 Å². The van der Waals surface area contributed by atoms with Crippen molar-refractivity contribution in [2.24, 2.45) is 0 Å². The van der Waals surface area contributed by atoms with Gasteiger partial charge in [0.05, 0.1) is 0 Å². The van der Waals surface area contributed by atoms with Gasteiger partial charge in [-0.2, -0.15) is 4.80 Å². The molecule has 0 aliphatic heterocycles. The van der Waals surface area contributed by atoms with Crippen LogP contribution in [0.3, 0.4) is 0 Å². The van der Waals surface area contributed by atoms with Crippen LogP contribution in [0, 0.1) is 13.8 Å². The van der Waals surface area contributed by atoms with E-state index in [1.165, 1.54) is 21.8 Å². The van der Waals surface area contributed by atoms with Crippen molar-refractivity contribution in [3.63, 3.8) is 0 Å². The van der Waals surface area contributed by atoms with Gasteiger partial charge in [-0.3, -0.25) is 14.5 Å². The first-order valence-electron chi connectivity index (χ1n) is 13.2. The van der Waals surface area contributed by atoms with E-state index in [4.69, 9.17) is 0 Å². The van der Waals surface area contributed by atoms with Crippen LogP contribution in [0.2, 0.25) is 0 Å². The van der Waals surface area contributed by atoms with Gasteiger partial charge in [-0.1, -0.05) is 73.0 Å². The number of phenolic OH excluding ortho intramolecular Hbond substituents is 1. The third-order valence-corrected chi connectivity index (χ3v) is 7.10. The van der Waals surface area contributed by atoms with Crippen molar-refractivity contribution in [2.75, 3.05) is 4.90 Å². The normalized spacial score (nSPS) is 14.2. The second-order valence-corrected chi connectivity index (χ2v) is 10.0. The summed E-state index contributed by atoms with van der Waals surface area (Å²) in [5.74, 6) is -0.134. The van der Waals surface area contributed by atoms with Crippen molar-refractivity contribution >= 4 is 17.5 Å². The number of anilines is 1. The van der Waals surface area contributed by atoms with Gasteiger partial charge in [0, 0.05) is 17.3 Å². The first-order valence-corrected chi connectivity index (χ1v) is 13.2. The molecule has 9 heteroatoms. The molecule has 9 nitrogen and oxygen atoms in total.